The van der Waals surface area contributed by atoms with E-state index in [-0.39, 0.29) is 12.3 Å². The van der Waals surface area contributed by atoms with Crippen molar-refractivity contribution in [2.24, 2.45) is 0 Å². The lowest BCUT2D eigenvalue weighted by atomic mass is 10.2. The molecule has 10 heteroatoms. The van der Waals surface area contributed by atoms with Crippen LogP contribution in [-0.4, -0.2) is 44.0 Å². The van der Waals surface area contributed by atoms with Gasteiger partial charge in [-0.25, -0.2) is 19.3 Å². The van der Waals surface area contributed by atoms with E-state index in [1.165, 1.54) is 7.11 Å². The Balaban J connectivity index is 1.53. The topological polar surface area (TPSA) is 112 Å². The van der Waals surface area contributed by atoms with Crippen LogP contribution < -0.4 is 0 Å². The van der Waals surface area contributed by atoms with Gasteiger partial charge in [0, 0.05) is 5.02 Å². The van der Waals surface area contributed by atoms with E-state index in [0.29, 0.717) is 45.2 Å². The molecule has 0 fully saturated rings. The zero-order chi connectivity index (χ0) is 22.7. The number of H-pyrrole nitrogens is 1. The highest BCUT2D eigenvalue weighted by Crippen LogP contribution is 2.20. The monoisotopic (exact) mass is 453 g/mol. The smallest absolute Gasteiger partial charge is 0.361 e. The number of halogens is 1. The molecule has 0 aliphatic rings. The Bertz CT molecular complexity index is 1300. The molecule has 0 aliphatic heterocycles. The van der Waals surface area contributed by atoms with Gasteiger partial charge in [-0.2, -0.15) is 0 Å². The minimum Gasteiger partial charge on any atom is -0.465 e. The molecule has 4 rings (SSSR count). The van der Waals surface area contributed by atoms with Crippen molar-refractivity contribution in [3.63, 3.8) is 0 Å². The molecule has 0 aliphatic carbocycles. The molecule has 0 amide bonds. The predicted octanol–water partition coefficient (Wildman–Crippen LogP) is 3.89. The Morgan fingerprint density at radius 1 is 1.16 bits per heavy atom. The Hall–Kier alpha value is -3.72. The standard InChI is InChI=1S/C22H20ClN5O4/c1-3-5-18-20(26-27-28(18)15-7-4-6-14(23)11-15)22(30)32-12-19-24-16-9-8-13(21(29)31-2)10-17(16)25-19/h4,6-11H,3,5,12H2,1-2H3,(H,24,25). The van der Waals surface area contributed by atoms with E-state index in [2.05, 4.69) is 20.3 Å². The number of carbonyl (C=O) groups excluding carboxylic acids is 2. The molecule has 2 aromatic heterocycles. The van der Waals surface area contributed by atoms with Crippen LogP contribution in [0.3, 0.4) is 0 Å². The minimum absolute atomic E-state index is 0.0866. The Labute approximate surface area is 188 Å². The number of hydrogen-bond acceptors (Lipinski definition) is 7. The van der Waals surface area contributed by atoms with Crippen molar-refractivity contribution in [2.45, 2.75) is 26.4 Å². The van der Waals surface area contributed by atoms with E-state index in [4.69, 9.17) is 21.1 Å². The zero-order valence-corrected chi connectivity index (χ0v) is 18.2. The number of nitrogens with one attached hydrogen (secondary N) is 1. The van der Waals surface area contributed by atoms with Crippen molar-refractivity contribution in [3.05, 3.63) is 70.3 Å². The second kappa shape index (κ2) is 9.19. The van der Waals surface area contributed by atoms with Crippen LogP contribution in [0.5, 0.6) is 0 Å². The molecule has 164 valence electrons. The van der Waals surface area contributed by atoms with Crippen LogP contribution in [-0.2, 0) is 22.5 Å². The van der Waals surface area contributed by atoms with Gasteiger partial charge >= 0.3 is 11.9 Å². The number of aromatic amines is 1. The number of benzene rings is 2. The molecule has 9 nitrogen and oxygen atoms in total. The highest BCUT2D eigenvalue weighted by Gasteiger charge is 2.22. The van der Waals surface area contributed by atoms with Crippen LogP contribution in [0.15, 0.2) is 42.5 Å². The first-order chi connectivity index (χ1) is 15.5. The zero-order valence-electron chi connectivity index (χ0n) is 17.5. The third-order valence-electron chi connectivity index (χ3n) is 4.79. The number of carbonyl (C=O) groups is 2. The van der Waals surface area contributed by atoms with Crippen molar-refractivity contribution in [2.75, 3.05) is 7.11 Å². The first-order valence-electron chi connectivity index (χ1n) is 9.94. The summed E-state index contributed by atoms with van der Waals surface area (Å²) in [7, 11) is 1.32. The van der Waals surface area contributed by atoms with Crippen LogP contribution in [0.25, 0.3) is 16.7 Å². The van der Waals surface area contributed by atoms with Gasteiger partial charge in [0.25, 0.3) is 0 Å². The van der Waals surface area contributed by atoms with Crippen molar-refractivity contribution in [1.82, 2.24) is 25.0 Å². The lowest BCUT2D eigenvalue weighted by Gasteiger charge is -2.07. The van der Waals surface area contributed by atoms with E-state index in [9.17, 15) is 9.59 Å². The normalized spacial score (nSPS) is 11.0. The van der Waals surface area contributed by atoms with Crippen molar-refractivity contribution >= 4 is 34.6 Å². The Morgan fingerprint density at radius 2 is 2.00 bits per heavy atom. The van der Waals surface area contributed by atoms with Gasteiger partial charge in [0.1, 0.15) is 12.4 Å². The molecule has 1 N–H and O–H groups in total. The number of hydrogen-bond donors (Lipinski definition) is 1. The maximum Gasteiger partial charge on any atom is 0.361 e. The predicted molar refractivity (Wildman–Crippen MR) is 117 cm³/mol. The summed E-state index contributed by atoms with van der Waals surface area (Å²) in [5.74, 6) is -0.604. The fourth-order valence-corrected chi connectivity index (χ4v) is 3.50. The maximum atomic E-state index is 12.8. The highest BCUT2D eigenvalue weighted by molar-refractivity contribution is 6.30. The number of fused-ring (bicyclic) bond motifs is 1. The number of imidazole rings is 1. The van der Waals surface area contributed by atoms with Crippen LogP contribution in [0.2, 0.25) is 5.02 Å². The van der Waals surface area contributed by atoms with Crippen LogP contribution in [0, 0.1) is 0 Å². The van der Waals surface area contributed by atoms with Crippen LogP contribution >= 0.6 is 11.6 Å². The van der Waals surface area contributed by atoms with E-state index in [1.807, 2.05) is 13.0 Å². The van der Waals surface area contributed by atoms with Gasteiger partial charge in [0.2, 0.25) is 0 Å². The van der Waals surface area contributed by atoms with Crippen LogP contribution in [0.4, 0.5) is 0 Å². The van der Waals surface area contributed by atoms with Crippen molar-refractivity contribution < 1.29 is 19.1 Å². The second-order valence-electron chi connectivity index (χ2n) is 7.01. The first-order valence-corrected chi connectivity index (χ1v) is 10.3. The summed E-state index contributed by atoms with van der Waals surface area (Å²) < 4.78 is 11.8. The number of methoxy groups -OCH3 is 1. The van der Waals surface area contributed by atoms with E-state index < -0.39 is 11.9 Å². The summed E-state index contributed by atoms with van der Waals surface area (Å²) in [4.78, 5) is 31.9. The Morgan fingerprint density at radius 3 is 2.75 bits per heavy atom. The molecule has 2 aromatic carbocycles. The molecule has 4 aromatic rings. The number of rotatable bonds is 7. The molecule has 2 heterocycles. The number of ether oxygens (including phenoxy) is 2. The van der Waals surface area contributed by atoms with E-state index >= 15 is 0 Å². The minimum atomic E-state index is -0.600. The summed E-state index contributed by atoms with van der Waals surface area (Å²) in [5.41, 5.74) is 3.18. The van der Waals surface area contributed by atoms with Gasteiger partial charge in [-0.15, -0.1) is 5.10 Å². The summed E-state index contributed by atoms with van der Waals surface area (Å²) in [6, 6.07) is 12.1. The first kappa shape index (κ1) is 21.5. The Kier molecular flexibility index (Phi) is 6.18. The molecule has 0 saturated heterocycles. The highest BCUT2D eigenvalue weighted by atomic mass is 35.5. The van der Waals surface area contributed by atoms with Gasteiger partial charge in [-0.1, -0.05) is 36.2 Å². The fraction of sp³-hybridized carbons (Fsp3) is 0.227. The number of aromatic nitrogens is 5. The SMILES string of the molecule is CCCc1c(C(=O)OCc2nc3ccc(C(=O)OC)cc3[nH]2)nnn1-c1cccc(Cl)c1. The average Bonchev–Trinajstić information content (AvgIpc) is 3.40. The van der Waals surface area contributed by atoms with Gasteiger partial charge in [-0.05, 0) is 42.8 Å². The molecule has 0 bridgehead atoms. The number of esters is 2. The third-order valence-corrected chi connectivity index (χ3v) is 5.02. The van der Waals surface area contributed by atoms with Crippen molar-refractivity contribution in [1.29, 1.82) is 0 Å². The lowest BCUT2D eigenvalue weighted by molar-refractivity contribution is 0.0454. The third kappa shape index (κ3) is 4.33. The largest absolute Gasteiger partial charge is 0.465 e. The molecule has 0 atom stereocenters. The summed E-state index contributed by atoms with van der Waals surface area (Å²) in [5, 5.41) is 8.74. The molecule has 0 saturated carbocycles. The van der Waals surface area contributed by atoms with Gasteiger partial charge in [0.15, 0.2) is 5.69 Å². The quantitative estimate of drug-likeness (QED) is 0.422. The molecule has 0 unspecified atom stereocenters. The molecule has 0 spiro atoms. The van der Waals surface area contributed by atoms with Gasteiger partial charge in [-0.3, -0.25) is 0 Å². The summed E-state index contributed by atoms with van der Waals surface area (Å²) in [6.07, 6.45) is 1.38. The fourth-order valence-electron chi connectivity index (χ4n) is 3.31. The summed E-state index contributed by atoms with van der Waals surface area (Å²) >= 11 is 6.09. The van der Waals surface area contributed by atoms with Gasteiger partial charge < -0.3 is 14.5 Å². The molecular weight excluding hydrogens is 434 g/mol. The lowest BCUT2D eigenvalue weighted by Crippen LogP contribution is -2.11. The van der Waals surface area contributed by atoms with Gasteiger partial charge in [0.05, 0.1) is 35.1 Å². The van der Waals surface area contributed by atoms with Crippen LogP contribution in [0.1, 0.15) is 45.7 Å². The average molecular weight is 454 g/mol. The maximum absolute atomic E-state index is 12.8. The van der Waals surface area contributed by atoms with E-state index in [0.717, 1.165) is 6.42 Å². The number of nitrogens with zero attached hydrogens (tertiary/aromatic N) is 4. The molecule has 0 radical (unpaired) electrons. The molecule has 32 heavy (non-hydrogen) atoms. The second-order valence-corrected chi connectivity index (χ2v) is 7.45. The van der Waals surface area contributed by atoms with E-state index in [1.54, 1.807) is 41.1 Å². The summed E-state index contributed by atoms with van der Waals surface area (Å²) in [6.45, 7) is 1.91. The van der Waals surface area contributed by atoms with Crippen molar-refractivity contribution in [3.8, 4) is 5.69 Å². The molecular formula is C22H20ClN5O4.